The molecular formula is C25H28N8O4. The van der Waals surface area contributed by atoms with Gasteiger partial charge in [0, 0.05) is 45.1 Å². The molecule has 0 unspecified atom stereocenters. The van der Waals surface area contributed by atoms with E-state index in [1.807, 2.05) is 29.8 Å². The number of methoxy groups -OCH3 is 2. The van der Waals surface area contributed by atoms with Crippen LogP contribution in [0.1, 0.15) is 10.5 Å². The van der Waals surface area contributed by atoms with Gasteiger partial charge in [0.1, 0.15) is 17.0 Å². The molecule has 1 saturated heterocycles. The number of imidazole rings is 1. The molecule has 37 heavy (non-hydrogen) atoms. The van der Waals surface area contributed by atoms with E-state index in [1.54, 1.807) is 32.9 Å². The van der Waals surface area contributed by atoms with Crippen LogP contribution in [0.25, 0.3) is 22.3 Å². The minimum atomic E-state index is -0.628. The molecule has 192 valence electrons. The second-order valence-corrected chi connectivity index (χ2v) is 8.38. The molecule has 0 atom stereocenters. The van der Waals surface area contributed by atoms with Gasteiger partial charge >= 0.3 is 5.97 Å². The number of benzene rings is 1. The quantitative estimate of drug-likeness (QED) is 0.361. The van der Waals surface area contributed by atoms with Gasteiger partial charge in [-0.25, -0.2) is 19.7 Å². The maximum absolute atomic E-state index is 12.8. The van der Waals surface area contributed by atoms with Crippen LogP contribution >= 0.6 is 0 Å². The van der Waals surface area contributed by atoms with Gasteiger partial charge in [-0.05, 0) is 12.1 Å². The zero-order chi connectivity index (χ0) is 25.9. The fourth-order valence-electron chi connectivity index (χ4n) is 4.30. The first-order valence-corrected chi connectivity index (χ1v) is 11.7. The minimum Gasteiger partial charge on any atom is -0.495 e. The summed E-state index contributed by atoms with van der Waals surface area (Å²) in [6.45, 7) is 2.90. The summed E-state index contributed by atoms with van der Waals surface area (Å²) in [5.41, 5.74) is 4.28. The Morgan fingerprint density at radius 3 is 2.65 bits per heavy atom. The number of aryl methyl sites for hydroxylation is 1. The van der Waals surface area contributed by atoms with Crippen LogP contribution in [0.3, 0.4) is 0 Å². The van der Waals surface area contributed by atoms with Gasteiger partial charge in [0.2, 0.25) is 0 Å². The van der Waals surface area contributed by atoms with E-state index in [0.29, 0.717) is 47.2 Å². The summed E-state index contributed by atoms with van der Waals surface area (Å²) in [7, 11) is 6.56. The molecule has 1 aliphatic heterocycles. The lowest BCUT2D eigenvalue weighted by Gasteiger charge is -2.30. The molecule has 1 aliphatic rings. The second-order valence-electron chi connectivity index (χ2n) is 8.38. The van der Waals surface area contributed by atoms with Gasteiger partial charge in [0.25, 0.3) is 0 Å². The second kappa shape index (κ2) is 10.3. The van der Waals surface area contributed by atoms with Gasteiger partial charge in [-0.1, -0.05) is 0 Å². The number of hydrogen-bond donors (Lipinski definition) is 2. The first-order valence-electron chi connectivity index (χ1n) is 11.7. The molecule has 0 amide bonds. The number of esters is 1. The zero-order valence-corrected chi connectivity index (χ0v) is 21.1. The number of fused-ring (bicyclic) bond motifs is 1. The predicted molar refractivity (Wildman–Crippen MR) is 140 cm³/mol. The van der Waals surface area contributed by atoms with Crippen LogP contribution in [0.5, 0.6) is 5.75 Å². The molecule has 4 aromatic rings. The Balaban J connectivity index is 1.57. The van der Waals surface area contributed by atoms with E-state index in [2.05, 4.69) is 30.5 Å². The van der Waals surface area contributed by atoms with Crippen molar-refractivity contribution in [2.45, 2.75) is 0 Å². The Labute approximate surface area is 213 Å². The van der Waals surface area contributed by atoms with Crippen molar-refractivity contribution in [2.24, 2.45) is 7.05 Å². The molecule has 0 saturated carbocycles. The SMILES string of the molecule is CNc1nc(Nc2ccc(N3CCOCC3)c(OC)c2)c(C(=O)OC)nc1-c1cncc2c1ncn2C. The van der Waals surface area contributed by atoms with Crippen molar-refractivity contribution in [3.8, 4) is 17.0 Å². The number of aromatic nitrogens is 5. The maximum atomic E-state index is 12.8. The van der Waals surface area contributed by atoms with Crippen molar-refractivity contribution in [1.29, 1.82) is 0 Å². The summed E-state index contributed by atoms with van der Waals surface area (Å²) in [6, 6.07) is 5.74. The number of morpholine rings is 1. The van der Waals surface area contributed by atoms with E-state index in [-0.39, 0.29) is 11.5 Å². The lowest BCUT2D eigenvalue weighted by atomic mass is 10.1. The largest absolute Gasteiger partial charge is 0.495 e. The molecule has 2 N–H and O–H groups in total. The van der Waals surface area contributed by atoms with Crippen LogP contribution in [0.4, 0.5) is 23.0 Å². The molecule has 3 aromatic heterocycles. The number of ether oxygens (including phenoxy) is 3. The van der Waals surface area contributed by atoms with Gasteiger partial charge in [0.15, 0.2) is 17.3 Å². The first-order chi connectivity index (χ1) is 18.0. The van der Waals surface area contributed by atoms with Crippen molar-refractivity contribution in [2.75, 3.05) is 63.1 Å². The molecule has 5 rings (SSSR count). The lowest BCUT2D eigenvalue weighted by molar-refractivity contribution is 0.0595. The summed E-state index contributed by atoms with van der Waals surface area (Å²) in [5.74, 6) is 0.754. The summed E-state index contributed by atoms with van der Waals surface area (Å²) in [4.78, 5) is 33.2. The fraction of sp³-hybridized carbons (Fsp3) is 0.320. The topological polar surface area (TPSA) is 129 Å². The summed E-state index contributed by atoms with van der Waals surface area (Å²) < 4.78 is 18.0. The monoisotopic (exact) mass is 504 g/mol. The zero-order valence-electron chi connectivity index (χ0n) is 21.1. The summed E-state index contributed by atoms with van der Waals surface area (Å²) in [5, 5.41) is 6.29. The third-order valence-corrected chi connectivity index (χ3v) is 6.20. The average molecular weight is 505 g/mol. The Kier molecular flexibility index (Phi) is 6.73. The lowest BCUT2D eigenvalue weighted by Crippen LogP contribution is -2.36. The third-order valence-electron chi connectivity index (χ3n) is 6.20. The van der Waals surface area contributed by atoms with Crippen molar-refractivity contribution >= 4 is 40.0 Å². The summed E-state index contributed by atoms with van der Waals surface area (Å²) >= 11 is 0. The van der Waals surface area contributed by atoms with Gasteiger partial charge in [0.05, 0.1) is 56.7 Å². The standard InChI is InChI=1S/C25H28N8O4/c1-26-23-21(16-12-27-13-18-20(16)28-14-32(18)2)30-22(25(34)36-4)24(31-23)29-15-5-6-17(19(11-15)35-3)33-7-9-37-10-8-33/h5-6,11-14H,7-10H2,1-4H3,(H2,26,29,31). The molecule has 4 heterocycles. The van der Waals surface area contributed by atoms with E-state index in [9.17, 15) is 4.79 Å². The normalized spacial score (nSPS) is 13.5. The van der Waals surface area contributed by atoms with Gasteiger partial charge in [-0.3, -0.25) is 4.98 Å². The number of anilines is 4. The molecule has 0 radical (unpaired) electrons. The molecule has 0 bridgehead atoms. The first kappa shape index (κ1) is 24.3. The van der Waals surface area contributed by atoms with Crippen molar-refractivity contribution < 1.29 is 19.0 Å². The number of carbonyl (C=O) groups is 1. The number of carbonyl (C=O) groups excluding carboxylic acids is 1. The molecular weight excluding hydrogens is 476 g/mol. The van der Waals surface area contributed by atoms with E-state index >= 15 is 0 Å². The Morgan fingerprint density at radius 2 is 1.92 bits per heavy atom. The highest BCUT2D eigenvalue weighted by molar-refractivity contribution is 5.98. The Bertz CT molecular complexity index is 1450. The molecule has 1 aromatic carbocycles. The summed E-state index contributed by atoms with van der Waals surface area (Å²) in [6.07, 6.45) is 5.08. The van der Waals surface area contributed by atoms with Gasteiger partial charge in [-0.2, -0.15) is 0 Å². The Morgan fingerprint density at radius 1 is 1.11 bits per heavy atom. The van der Waals surface area contributed by atoms with Gasteiger partial charge < -0.3 is 34.3 Å². The third kappa shape index (κ3) is 4.58. The Hall–Kier alpha value is -4.45. The van der Waals surface area contributed by atoms with Crippen LogP contribution in [0.15, 0.2) is 36.9 Å². The number of nitrogens with zero attached hydrogens (tertiary/aromatic N) is 6. The highest BCUT2D eigenvalue weighted by Crippen LogP contribution is 2.35. The molecule has 12 nitrogen and oxygen atoms in total. The highest BCUT2D eigenvalue weighted by atomic mass is 16.5. The van der Waals surface area contributed by atoms with Crippen molar-refractivity contribution in [3.05, 3.63) is 42.6 Å². The van der Waals surface area contributed by atoms with Crippen LogP contribution in [-0.2, 0) is 16.5 Å². The van der Waals surface area contributed by atoms with Crippen LogP contribution < -0.4 is 20.3 Å². The number of nitrogens with one attached hydrogen (secondary N) is 2. The minimum absolute atomic E-state index is 0.0284. The fourth-order valence-corrected chi connectivity index (χ4v) is 4.30. The van der Waals surface area contributed by atoms with Crippen LogP contribution in [0, 0.1) is 0 Å². The number of hydrogen-bond acceptors (Lipinski definition) is 11. The molecule has 0 aliphatic carbocycles. The number of rotatable bonds is 7. The van der Waals surface area contributed by atoms with Crippen molar-refractivity contribution in [1.82, 2.24) is 24.5 Å². The average Bonchev–Trinajstić information content (AvgIpc) is 3.33. The van der Waals surface area contributed by atoms with E-state index in [1.165, 1.54) is 7.11 Å². The smallest absolute Gasteiger partial charge is 0.360 e. The van der Waals surface area contributed by atoms with Gasteiger partial charge in [-0.15, -0.1) is 0 Å². The number of pyridine rings is 1. The predicted octanol–water partition coefficient (Wildman–Crippen LogP) is 2.84. The van der Waals surface area contributed by atoms with Crippen molar-refractivity contribution in [3.63, 3.8) is 0 Å². The van der Waals surface area contributed by atoms with Crippen LogP contribution in [0.2, 0.25) is 0 Å². The molecule has 0 spiro atoms. The van der Waals surface area contributed by atoms with E-state index < -0.39 is 5.97 Å². The highest BCUT2D eigenvalue weighted by Gasteiger charge is 2.24. The van der Waals surface area contributed by atoms with Crippen LogP contribution in [-0.4, -0.2) is 78.0 Å². The van der Waals surface area contributed by atoms with E-state index in [0.717, 1.165) is 24.3 Å². The molecule has 12 heteroatoms. The maximum Gasteiger partial charge on any atom is 0.360 e. The van der Waals surface area contributed by atoms with E-state index in [4.69, 9.17) is 19.2 Å². The molecule has 1 fully saturated rings.